The molecule has 2 aromatic carbocycles. The summed E-state index contributed by atoms with van der Waals surface area (Å²) in [6.45, 7) is 5.17. The lowest BCUT2D eigenvalue weighted by Gasteiger charge is -2.33. The van der Waals surface area contributed by atoms with Gasteiger partial charge in [-0.2, -0.15) is 0 Å². The van der Waals surface area contributed by atoms with Crippen molar-refractivity contribution < 1.29 is 18.0 Å². The van der Waals surface area contributed by atoms with E-state index in [9.17, 15) is 18.0 Å². The summed E-state index contributed by atoms with van der Waals surface area (Å²) in [5.41, 5.74) is 2.77. The lowest BCUT2D eigenvalue weighted by Crippen LogP contribution is -2.53. The van der Waals surface area contributed by atoms with Crippen LogP contribution in [0.5, 0.6) is 0 Å². The molecule has 0 radical (unpaired) electrons. The van der Waals surface area contributed by atoms with Gasteiger partial charge >= 0.3 is 0 Å². The van der Waals surface area contributed by atoms with E-state index < -0.39 is 28.5 Å². The van der Waals surface area contributed by atoms with Gasteiger partial charge in [0.2, 0.25) is 21.8 Å². The maximum absolute atomic E-state index is 13.8. The zero-order valence-corrected chi connectivity index (χ0v) is 24.1. The Bertz CT molecular complexity index is 1230. The van der Waals surface area contributed by atoms with E-state index in [2.05, 4.69) is 5.32 Å². The lowest BCUT2D eigenvalue weighted by molar-refractivity contribution is -0.140. The molecule has 1 saturated carbocycles. The SMILES string of the molecule is CC[C@H](C(=O)NC1CCCC1)N(Cc1ccc(Cl)cc1Cl)C(=O)CN(c1cc(C)cc(C)c1)S(C)(=O)=O. The van der Waals surface area contributed by atoms with Gasteiger partial charge in [0, 0.05) is 22.6 Å². The second-order valence-corrected chi connectivity index (χ2v) is 12.5. The molecule has 1 fully saturated rings. The number of carbonyl (C=O) groups is 2. The van der Waals surface area contributed by atoms with Crippen LogP contribution < -0.4 is 9.62 Å². The van der Waals surface area contributed by atoms with Crippen molar-refractivity contribution in [1.82, 2.24) is 10.2 Å². The van der Waals surface area contributed by atoms with Crippen molar-refractivity contribution in [3.05, 3.63) is 63.1 Å². The molecule has 2 amide bonds. The van der Waals surface area contributed by atoms with Crippen LogP contribution in [0.3, 0.4) is 0 Å². The van der Waals surface area contributed by atoms with Crippen LogP contribution in [-0.2, 0) is 26.2 Å². The summed E-state index contributed by atoms with van der Waals surface area (Å²) in [7, 11) is -3.80. The standard InChI is InChI=1S/C27H35Cl2N3O4S/c1-5-25(27(34)30-22-8-6-7-9-22)31(16-20-10-11-21(28)15-24(20)29)26(33)17-32(37(4,35)36)23-13-18(2)12-19(3)14-23/h10-15,22,25H,5-9,16-17H2,1-4H3,(H,30,34)/t25-/m1/s1. The molecule has 1 N–H and O–H groups in total. The minimum absolute atomic E-state index is 0.0376. The van der Waals surface area contributed by atoms with Crippen molar-refractivity contribution in [2.24, 2.45) is 0 Å². The number of hydrogen-bond acceptors (Lipinski definition) is 4. The topological polar surface area (TPSA) is 86.8 Å². The second kappa shape index (κ2) is 12.5. The van der Waals surface area contributed by atoms with Crippen LogP contribution in [0.1, 0.15) is 55.7 Å². The first kappa shape index (κ1) is 29.3. The Hall–Kier alpha value is -2.29. The first-order valence-electron chi connectivity index (χ1n) is 12.5. The molecule has 0 aromatic heterocycles. The van der Waals surface area contributed by atoms with E-state index in [1.54, 1.807) is 30.3 Å². The molecule has 0 unspecified atom stereocenters. The number of carbonyl (C=O) groups excluding carboxylic acids is 2. The fourth-order valence-corrected chi connectivity index (χ4v) is 6.13. The smallest absolute Gasteiger partial charge is 0.244 e. The van der Waals surface area contributed by atoms with Crippen LogP contribution in [0.4, 0.5) is 5.69 Å². The predicted molar refractivity (Wildman–Crippen MR) is 150 cm³/mol. The van der Waals surface area contributed by atoms with Gasteiger partial charge in [0.05, 0.1) is 11.9 Å². The fourth-order valence-electron chi connectivity index (χ4n) is 4.83. The van der Waals surface area contributed by atoms with Crippen LogP contribution in [0, 0.1) is 13.8 Å². The van der Waals surface area contributed by atoms with Gasteiger partial charge in [0.25, 0.3) is 0 Å². The van der Waals surface area contributed by atoms with E-state index in [4.69, 9.17) is 23.2 Å². The summed E-state index contributed by atoms with van der Waals surface area (Å²) in [5.74, 6) is -0.742. The number of sulfonamides is 1. The molecule has 1 aliphatic carbocycles. The van der Waals surface area contributed by atoms with Gasteiger partial charge in [-0.25, -0.2) is 8.42 Å². The summed E-state index contributed by atoms with van der Waals surface area (Å²) in [6, 6.07) is 9.65. The van der Waals surface area contributed by atoms with Gasteiger partial charge in [0.1, 0.15) is 12.6 Å². The molecule has 37 heavy (non-hydrogen) atoms. The quantitative estimate of drug-likeness (QED) is 0.425. The highest BCUT2D eigenvalue weighted by molar-refractivity contribution is 7.92. The zero-order chi connectivity index (χ0) is 27.3. The number of aryl methyl sites for hydroxylation is 2. The summed E-state index contributed by atoms with van der Waals surface area (Å²) < 4.78 is 26.7. The van der Waals surface area contributed by atoms with E-state index >= 15 is 0 Å². The van der Waals surface area contributed by atoms with E-state index in [0.29, 0.717) is 27.7 Å². The van der Waals surface area contributed by atoms with Crippen molar-refractivity contribution in [3.8, 4) is 0 Å². The molecule has 202 valence electrons. The third kappa shape index (κ3) is 7.85. The zero-order valence-electron chi connectivity index (χ0n) is 21.8. The average molecular weight is 569 g/mol. The summed E-state index contributed by atoms with van der Waals surface area (Å²) in [5, 5.41) is 3.91. The number of nitrogens with zero attached hydrogens (tertiary/aromatic N) is 2. The van der Waals surface area contributed by atoms with Crippen LogP contribution in [0.15, 0.2) is 36.4 Å². The highest BCUT2D eigenvalue weighted by atomic mass is 35.5. The van der Waals surface area contributed by atoms with Crippen LogP contribution in [0.2, 0.25) is 10.0 Å². The predicted octanol–water partition coefficient (Wildman–Crippen LogP) is 5.24. The van der Waals surface area contributed by atoms with Gasteiger partial charge < -0.3 is 10.2 Å². The maximum atomic E-state index is 13.8. The number of benzene rings is 2. The third-order valence-corrected chi connectivity index (χ3v) is 8.34. The Morgan fingerprint density at radius 1 is 1.05 bits per heavy atom. The number of rotatable bonds is 10. The minimum atomic E-state index is -3.80. The van der Waals surface area contributed by atoms with Gasteiger partial charge in [-0.15, -0.1) is 0 Å². The van der Waals surface area contributed by atoms with Gasteiger partial charge in [0.15, 0.2) is 0 Å². The second-order valence-electron chi connectivity index (χ2n) is 9.79. The molecular weight excluding hydrogens is 533 g/mol. The molecule has 0 saturated heterocycles. The van der Waals surface area contributed by atoms with E-state index in [-0.39, 0.29) is 18.5 Å². The molecule has 10 heteroatoms. The van der Waals surface area contributed by atoms with Crippen LogP contribution >= 0.6 is 23.2 Å². The number of hydrogen-bond donors (Lipinski definition) is 1. The molecule has 0 bridgehead atoms. The molecule has 3 rings (SSSR count). The van der Waals surface area contributed by atoms with Crippen molar-refractivity contribution in [3.63, 3.8) is 0 Å². The number of anilines is 1. The molecule has 1 aliphatic rings. The Morgan fingerprint density at radius 2 is 1.68 bits per heavy atom. The fraction of sp³-hybridized carbons (Fsp3) is 0.481. The minimum Gasteiger partial charge on any atom is -0.352 e. The molecule has 0 spiro atoms. The first-order valence-corrected chi connectivity index (χ1v) is 15.1. The molecule has 7 nitrogen and oxygen atoms in total. The summed E-state index contributed by atoms with van der Waals surface area (Å²) in [4.78, 5) is 28.6. The third-order valence-electron chi connectivity index (χ3n) is 6.62. The molecule has 0 aliphatic heterocycles. The van der Waals surface area contributed by atoms with Gasteiger partial charge in [-0.3, -0.25) is 13.9 Å². The van der Waals surface area contributed by atoms with Crippen molar-refractivity contribution in [2.45, 2.75) is 71.5 Å². The van der Waals surface area contributed by atoms with Crippen molar-refractivity contribution >= 4 is 50.7 Å². The van der Waals surface area contributed by atoms with Crippen LogP contribution in [-0.4, -0.2) is 50.0 Å². The maximum Gasteiger partial charge on any atom is 0.244 e. The molecular formula is C27H35Cl2N3O4S. The largest absolute Gasteiger partial charge is 0.352 e. The molecule has 1 atom stereocenters. The van der Waals surface area contributed by atoms with E-state index in [1.165, 1.54) is 4.90 Å². The Balaban J connectivity index is 1.97. The average Bonchev–Trinajstić information content (AvgIpc) is 3.30. The number of nitrogens with one attached hydrogen (secondary N) is 1. The van der Waals surface area contributed by atoms with E-state index in [0.717, 1.165) is 47.4 Å². The first-order chi connectivity index (χ1) is 17.4. The Kier molecular flexibility index (Phi) is 9.89. The van der Waals surface area contributed by atoms with Crippen molar-refractivity contribution in [1.29, 1.82) is 0 Å². The number of amides is 2. The monoisotopic (exact) mass is 567 g/mol. The summed E-state index contributed by atoms with van der Waals surface area (Å²) in [6.07, 6.45) is 5.37. The molecule has 2 aromatic rings. The van der Waals surface area contributed by atoms with Gasteiger partial charge in [-0.05, 0) is 74.1 Å². The number of halogens is 2. The highest BCUT2D eigenvalue weighted by Gasteiger charge is 2.33. The van der Waals surface area contributed by atoms with Crippen LogP contribution in [0.25, 0.3) is 0 Å². The van der Waals surface area contributed by atoms with E-state index in [1.807, 2.05) is 26.8 Å². The normalized spacial score (nSPS) is 14.9. The molecule has 0 heterocycles. The van der Waals surface area contributed by atoms with Gasteiger partial charge in [-0.1, -0.05) is 55.1 Å². The Morgan fingerprint density at radius 3 is 2.22 bits per heavy atom. The van der Waals surface area contributed by atoms with Crippen molar-refractivity contribution in [2.75, 3.05) is 17.1 Å². The lowest BCUT2D eigenvalue weighted by atomic mass is 10.1. The summed E-state index contributed by atoms with van der Waals surface area (Å²) >= 11 is 12.5. The highest BCUT2D eigenvalue weighted by Crippen LogP contribution is 2.26. The Labute approximate surface area is 230 Å².